The van der Waals surface area contributed by atoms with E-state index < -0.39 is 36.3 Å². The van der Waals surface area contributed by atoms with Gasteiger partial charge in [0.05, 0.1) is 25.7 Å². The highest BCUT2D eigenvalue weighted by molar-refractivity contribution is 6.31. The van der Waals surface area contributed by atoms with Crippen LogP contribution in [0.5, 0.6) is 11.5 Å². The zero-order chi connectivity index (χ0) is 20.4. The van der Waals surface area contributed by atoms with Gasteiger partial charge >= 0.3 is 5.97 Å². The lowest BCUT2D eigenvalue weighted by Gasteiger charge is -2.23. The van der Waals surface area contributed by atoms with Crippen molar-refractivity contribution in [2.45, 2.75) is 18.6 Å². The summed E-state index contributed by atoms with van der Waals surface area (Å²) >= 11 is 5.95. The number of halogens is 2. The van der Waals surface area contributed by atoms with Gasteiger partial charge in [-0.3, -0.25) is 9.59 Å². The molecule has 0 bridgehead atoms. The number of benzene rings is 2. The molecule has 0 radical (unpaired) electrons. The summed E-state index contributed by atoms with van der Waals surface area (Å²) in [5.41, 5.74) is 0.964. The smallest absolute Gasteiger partial charge is 0.306 e. The Balaban J connectivity index is 2.21. The van der Waals surface area contributed by atoms with Gasteiger partial charge in [0.1, 0.15) is 18.0 Å². The Bertz CT molecular complexity index is 935. The fourth-order valence-electron chi connectivity index (χ4n) is 3.06. The minimum Gasteiger partial charge on any atom is -0.493 e. The highest BCUT2D eigenvalue weighted by Gasteiger charge is 2.35. The maximum Gasteiger partial charge on any atom is 0.306 e. The number of aliphatic carboxylic acids is 1. The molecule has 0 saturated carbocycles. The van der Waals surface area contributed by atoms with Crippen LogP contribution in [0, 0.1) is 5.82 Å². The molecule has 0 saturated heterocycles. The summed E-state index contributed by atoms with van der Waals surface area (Å²) in [4.78, 5) is 23.6. The number of fused-ring (bicyclic) bond motifs is 1. The van der Waals surface area contributed by atoms with Gasteiger partial charge in [0.15, 0.2) is 11.5 Å². The van der Waals surface area contributed by atoms with E-state index in [4.69, 9.17) is 30.9 Å². The Morgan fingerprint density at radius 3 is 2.68 bits per heavy atom. The third kappa shape index (κ3) is 3.74. The summed E-state index contributed by atoms with van der Waals surface area (Å²) in [5.74, 6) is -1.89. The van der Waals surface area contributed by atoms with Crippen molar-refractivity contribution < 1.29 is 33.3 Å². The fourth-order valence-corrected chi connectivity index (χ4v) is 3.23. The van der Waals surface area contributed by atoms with Gasteiger partial charge in [0.25, 0.3) is 5.91 Å². The average molecular weight is 410 g/mol. The number of carboxylic acid groups (broad SMARTS) is 1. The van der Waals surface area contributed by atoms with Crippen LogP contribution in [-0.4, -0.2) is 37.3 Å². The number of nitrogens with one attached hydrogen (secondary N) is 1. The number of methoxy groups -OCH3 is 2. The van der Waals surface area contributed by atoms with Crippen LogP contribution in [0.25, 0.3) is 0 Å². The van der Waals surface area contributed by atoms with Gasteiger partial charge in [-0.2, -0.15) is 0 Å². The van der Waals surface area contributed by atoms with Crippen LogP contribution in [0.1, 0.15) is 23.7 Å². The van der Waals surface area contributed by atoms with Gasteiger partial charge < -0.3 is 24.6 Å². The standard InChI is InChI=1S/C19H17ClFNO6/c1-26-14-5-3-4-9(18(14)27-2)17-10-6-11(20)12(21)7-13(10)22-19(25)15(28-17)8-16(23)24/h3-7,15,17H,8H2,1-2H3,(H,22,25)(H,23,24)/t15-,17-/m0/s1. The second-order valence-corrected chi connectivity index (χ2v) is 6.44. The van der Waals surface area contributed by atoms with Gasteiger partial charge in [-0.05, 0) is 18.2 Å². The SMILES string of the molecule is COc1cccc([C@@H]2O[C@@H](CC(=O)O)C(=O)Nc3cc(F)c(Cl)cc32)c1OC. The first-order valence-corrected chi connectivity index (χ1v) is 8.61. The molecule has 3 rings (SSSR count). The molecular formula is C19H17ClFNO6. The van der Waals surface area contributed by atoms with E-state index in [9.17, 15) is 14.0 Å². The molecule has 2 aromatic rings. The highest BCUT2D eigenvalue weighted by Crippen LogP contribution is 2.44. The second kappa shape index (κ2) is 8.04. The number of hydrogen-bond acceptors (Lipinski definition) is 5. The number of anilines is 1. The number of hydrogen-bond donors (Lipinski definition) is 2. The lowest BCUT2D eigenvalue weighted by atomic mass is 9.98. The Labute approximate surface area is 165 Å². The fraction of sp³-hybridized carbons (Fsp3) is 0.263. The van der Waals surface area contributed by atoms with Crippen molar-refractivity contribution in [2.24, 2.45) is 0 Å². The van der Waals surface area contributed by atoms with Gasteiger partial charge in [-0.1, -0.05) is 23.7 Å². The molecule has 2 N–H and O–H groups in total. The summed E-state index contributed by atoms with van der Waals surface area (Å²) in [7, 11) is 2.91. The summed E-state index contributed by atoms with van der Waals surface area (Å²) in [6, 6.07) is 7.45. The molecule has 0 aliphatic carbocycles. The minimum atomic E-state index is -1.31. The number of carbonyl (C=O) groups excluding carboxylic acids is 1. The Hall–Kier alpha value is -2.84. The molecule has 2 atom stereocenters. The minimum absolute atomic E-state index is 0.134. The molecule has 28 heavy (non-hydrogen) atoms. The van der Waals surface area contributed by atoms with Crippen LogP contribution in [0.2, 0.25) is 5.02 Å². The van der Waals surface area contributed by atoms with Gasteiger partial charge in [0.2, 0.25) is 0 Å². The quantitative estimate of drug-likeness (QED) is 0.786. The van der Waals surface area contributed by atoms with E-state index in [-0.39, 0.29) is 10.7 Å². The first-order chi connectivity index (χ1) is 13.3. The van der Waals surface area contributed by atoms with Crippen LogP contribution in [0.4, 0.5) is 10.1 Å². The maximum atomic E-state index is 14.0. The molecule has 9 heteroatoms. The molecule has 7 nitrogen and oxygen atoms in total. The number of carboxylic acids is 1. The molecule has 1 aliphatic heterocycles. The molecule has 0 unspecified atom stereocenters. The van der Waals surface area contributed by atoms with Gasteiger partial charge in [-0.15, -0.1) is 0 Å². The number of rotatable bonds is 5. The second-order valence-electron chi connectivity index (χ2n) is 6.03. The summed E-state index contributed by atoms with van der Waals surface area (Å²) in [6.45, 7) is 0. The topological polar surface area (TPSA) is 94.1 Å². The molecule has 0 spiro atoms. The molecule has 1 heterocycles. The van der Waals surface area contributed by atoms with Crippen molar-refractivity contribution >= 4 is 29.2 Å². The molecule has 2 aromatic carbocycles. The highest BCUT2D eigenvalue weighted by atomic mass is 35.5. The zero-order valence-corrected chi connectivity index (χ0v) is 15.7. The van der Waals surface area contributed by atoms with E-state index in [2.05, 4.69) is 5.32 Å². The zero-order valence-electron chi connectivity index (χ0n) is 15.0. The number of amides is 1. The Morgan fingerprint density at radius 1 is 1.29 bits per heavy atom. The summed E-state index contributed by atoms with van der Waals surface area (Å²) in [6.07, 6.45) is -2.84. The van der Waals surface area contributed by atoms with Gasteiger partial charge in [-0.25, -0.2) is 4.39 Å². The van der Waals surface area contributed by atoms with Crippen molar-refractivity contribution in [3.05, 3.63) is 52.3 Å². The molecule has 1 aliphatic rings. The normalized spacial score (nSPS) is 18.6. The summed E-state index contributed by atoms with van der Waals surface area (Å²) in [5, 5.41) is 11.5. The lowest BCUT2D eigenvalue weighted by Crippen LogP contribution is -2.31. The predicted molar refractivity (Wildman–Crippen MR) is 98.6 cm³/mol. The monoisotopic (exact) mass is 409 g/mol. The van der Waals surface area contributed by atoms with Crippen molar-refractivity contribution in [3.63, 3.8) is 0 Å². The van der Waals surface area contributed by atoms with E-state index in [1.807, 2.05) is 0 Å². The molecule has 0 fully saturated rings. The van der Waals surface area contributed by atoms with Crippen molar-refractivity contribution in [1.29, 1.82) is 0 Å². The van der Waals surface area contributed by atoms with E-state index in [1.54, 1.807) is 18.2 Å². The number of ether oxygens (including phenoxy) is 3. The third-order valence-corrected chi connectivity index (χ3v) is 4.59. The Morgan fingerprint density at radius 2 is 2.04 bits per heavy atom. The molecular weight excluding hydrogens is 393 g/mol. The van der Waals surface area contributed by atoms with E-state index in [1.165, 1.54) is 20.3 Å². The Kier molecular flexibility index (Phi) is 5.71. The van der Waals surface area contributed by atoms with Gasteiger partial charge in [0, 0.05) is 16.8 Å². The van der Waals surface area contributed by atoms with Crippen LogP contribution in [0.15, 0.2) is 30.3 Å². The first-order valence-electron chi connectivity index (χ1n) is 8.23. The van der Waals surface area contributed by atoms with Crippen LogP contribution >= 0.6 is 11.6 Å². The third-order valence-electron chi connectivity index (χ3n) is 4.30. The average Bonchev–Trinajstić information content (AvgIpc) is 2.78. The van der Waals surface area contributed by atoms with Crippen molar-refractivity contribution in [2.75, 3.05) is 19.5 Å². The summed E-state index contributed by atoms with van der Waals surface area (Å²) < 4.78 is 30.6. The van der Waals surface area contributed by atoms with Crippen molar-refractivity contribution in [1.82, 2.24) is 0 Å². The van der Waals surface area contributed by atoms with Crippen LogP contribution in [0.3, 0.4) is 0 Å². The lowest BCUT2D eigenvalue weighted by molar-refractivity contribution is -0.146. The van der Waals surface area contributed by atoms with Crippen LogP contribution in [-0.2, 0) is 14.3 Å². The molecule has 148 valence electrons. The first kappa shape index (κ1) is 19.9. The number of carbonyl (C=O) groups is 2. The van der Waals surface area contributed by atoms with E-state index in [0.29, 0.717) is 22.6 Å². The predicted octanol–water partition coefficient (Wildman–Crippen LogP) is 3.40. The molecule has 1 amide bonds. The van der Waals surface area contributed by atoms with Crippen LogP contribution < -0.4 is 14.8 Å². The molecule has 0 aromatic heterocycles. The van der Waals surface area contributed by atoms with E-state index in [0.717, 1.165) is 6.07 Å². The maximum absolute atomic E-state index is 14.0. The van der Waals surface area contributed by atoms with E-state index >= 15 is 0 Å². The van der Waals surface area contributed by atoms with Crippen molar-refractivity contribution in [3.8, 4) is 11.5 Å². The largest absolute Gasteiger partial charge is 0.493 e. The number of para-hydroxylation sites is 1.